The summed E-state index contributed by atoms with van der Waals surface area (Å²) >= 11 is 8.07. The van der Waals surface area contributed by atoms with Crippen LogP contribution in [-0.4, -0.2) is 21.6 Å². The van der Waals surface area contributed by atoms with Gasteiger partial charge in [-0.05, 0) is 32.4 Å². The Morgan fingerprint density at radius 1 is 1.43 bits per heavy atom. The molecule has 0 radical (unpaired) electrons. The largest absolute Gasteiger partial charge is 0.271 e. The first-order valence-corrected chi connectivity index (χ1v) is 8.21. The molecule has 0 aliphatic heterocycles. The Labute approximate surface area is 135 Å². The fraction of sp³-hybridized carbons (Fsp3) is 0.400. The number of nitrogens with one attached hydrogen (secondary N) is 1. The molecule has 3 N–H and O–H groups in total. The molecule has 4 nitrogen and oxygen atoms in total. The van der Waals surface area contributed by atoms with Crippen molar-refractivity contribution in [2.75, 3.05) is 5.75 Å². The van der Waals surface area contributed by atoms with Gasteiger partial charge in [0.25, 0.3) is 0 Å². The van der Waals surface area contributed by atoms with Gasteiger partial charge in [0.2, 0.25) is 0 Å². The molecule has 1 unspecified atom stereocenters. The second-order valence-electron chi connectivity index (χ2n) is 5.17. The predicted molar refractivity (Wildman–Crippen MR) is 89.7 cm³/mol. The Kier molecular flexibility index (Phi) is 5.70. The molecule has 0 fully saturated rings. The lowest BCUT2D eigenvalue weighted by atomic mass is 10.1. The van der Waals surface area contributed by atoms with Crippen molar-refractivity contribution in [2.24, 2.45) is 12.9 Å². The van der Waals surface area contributed by atoms with Crippen molar-refractivity contribution >= 4 is 23.4 Å². The van der Waals surface area contributed by atoms with Gasteiger partial charge >= 0.3 is 0 Å². The average Bonchev–Trinajstić information content (AvgIpc) is 2.69. The van der Waals surface area contributed by atoms with Crippen molar-refractivity contribution in [3.8, 4) is 0 Å². The average molecular weight is 325 g/mol. The number of nitrogens with two attached hydrogens (primary N) is 1. The monoisotopic (exact) mass is 324 g/mol. The summed E-state index contributed by atoms with van der Waals surface area (Å²) in [5.41, 5.74) is 6.17. The summed E-state index contributed by atoms with van der Waals surface area (Å²) in [5.74, 6) is 6.57. The van der Waals surface area contributed by atoms with Crippen molar-refractivity contribution in [1.29, 1.82) is 0 Å². The first kappa shape index (κ1) is 16.4. The van der Waals surface area contributed by atoms with Gasteiger partial charge in [-0.3, -0.25) is 16.0 Å². The number of hydrogen-bond acceptors (Lipinski definition) is 4. The van der Waals surface area contributed by atoms with E-state index in [0.717, 1.165) is 23.4 Å². The van der Waals surface area contributed by atoms with E-state index in [-0.39, 0.29) is 6.04 Å². The SMILES string of the molecule is Cc1cccc(SCC(Cc2c(C)nn(C)c2Cl)NN)c1. The zero-order valence-electron chi connectivity index (χ0n) is 12.6. The molecular weight excluding hydrogens is 304 g/mol. The first-order valence-electron chi connectivity index (χ1n) is 6.84. The molecule has 6 heteroatoms. The minimum Gasteiger partial charge on any atom is -0.271 e. The molecule has 0 aliphatic rings. The lowest BCUT2D eigenvalue weighted by Gasteiger charge is -2.15. The highest BCUT2D eigenvalue weighted by atomic mass is 35.5. The first-order chi connectivity index (χ1) is 10.0. The summed E-state index contributed by atoms with van der Waals surface area (Å²) in [6.07, 6.45) is 0.772. The molecule has 2 rings (SSSR count). The smallest absolute Gasteiger partial charge is 0.130 e. The van der Waals surface area contributed by atoms with E-state index in [2.05, 4.69) is 41.7 Å². The molecule has 2 aromatic rings. The highest BCUT2D eigenvalue weighted by molar-refractivity contribution is 7.99. The van der Waals surface area contributed by atoms with E-state index in [1.807, 2.05) is 14.0 Å². The number of rotatable bonds is 6. The van der Waals surface area contributed by atoms with Crippen LogP contribution in [0.5, 0.6) is 0 Å². The summed E-state index contributed by atoms with van der Waals surface area (Å²) in [6, 6.07) is 8.62. The molecule has 0 spiro atoms. The van der Waals surface area contributed by atoms with E-state index >= 15 is 0 Å². The summed E-state index contributed by atoms with van der Waals surface area (Å²) in [6.45, 7) is 4.07. The second-order valence-corrected chi connectivity index (χ2v) is 6.63. The van der Waals surface area contributed by atoms with Gasteiger partial charge in [0, 0.05) is 29.3 Å². The Morgan fingerprint density at radius 2 is 2.19 bits per heavy atom. The van der Waals surface area contributed by atoms with Gasteiger partial charge in [0.15, 0.2) is 0 Å². The van der Waals surface area contributed by atoms with Crippen LogP contribution < -0.4 is 11.3 Å². The number of hydrogen-bond donors (Lipinski definition) is 2. The van der Waals surface area contributed by atoms with Crippen LogP contribution in [0.3, 0.4) is 0 Å². The number of benzene rings is 1. The van der Waals surface area contributed by atoms with E-state index in [1.165, 1.54) is 10.5 Å². The normalized spacial score (nSPS) is 12.6. The highest BCUT2D eigenvalue weighted by Gasteiger charge is 2.16. The van der Waals surface area contributed by atoms with Crippen molar-refractivity contribution in [3.05, 3.63) is 46.2 Å². The highest BCUT2D eigenvalue weighted by Crippen LogP contribution is 2.24. The van der Waals surface area contributed by atoms with Gasteiger partial charge < -0.3 is 0 Å². The summed E-state index contributed by atoms with van der Waals surface area (Å²) < 4.78 is 1.70. The Hall–Kier alpha value is -1.01. The molecule has 1 atom stereocenters. The topological polar surface area (TPSA) is 55.9 Å². The van der Waals surface area contributed by atoms with Crippen molar-refractivity contribution in [1.82, 2.24) is 15.2 Å². The third kappa shape index (κ3) is 4.23. The molecule has 0 saturated heterocycles. The van der Waals surface area contributed by atoms with Gasteiger partial charge in [-0.15, -0.1) is 11.8 Å². The van der Waals surface area contributed by atoms with Gasteiger partial charge in [0.1, 0.15) is 5.15 Å². The molecule has 1 aromatic heterocycles. The zero-order valence-corrected chi connectivity index (χ0v) is 14.1. The van der Waals surface area contributed by atoms with Crippen LogP contribution >= 0.6 is 23.4 Å². The zero-order chi connectivity index (χ0) is 15.4. The van der Waals surface area contributed by atoms with Crippen molar-refractivity contribution in [3.63, 3.8) is 0 Å². The van der Waals surface area contributed by atoms with Gasteiger partial charge in [0.05, 0.1) is 5.69 Å². The molecule has 1 aromatic carbocycles. The maximum atomic E-state index is 6.28. The summed E-state index contributed by atoms with van der Waals surface area (Å²) in [4.78, 5) is 1.25. The van der Waals surface area contributed by atoms with Gasteiger partial charge in [-0.1, -0.05) is 29.3 Å². The maximum absolute atomic E-state index is 6.28. The quantitative estimate of drug-likeness (QED) is 0.487. The second kappa shape index (κ2) is 7.31. The Balaban J connectivity index is 2.00. The number of halogens is 1. The number of aromatic nitrogens is 2. The van der Waals surface area contributed by atoms with E-state index in [0.29, 0.717) is 5.15 Å². The van der Waals surface area contributed by atoms with Crippen LogP contribution in [0, 0.1) is 13.8 Å². The number of nitrogens with zero attached hydrogens (tertiary/aromatic N) is 2. The molecule has 0 bridgehead atoms. The van der Waals surface area contributed by atoms with E-state index < -0.39 is 0 Å². The fourth-order valence-electron chi connectivity index (χ4n) is 2.22. The maximum Gasteiger partial charge on any atom is 0.130 e. The molecular formula is C15H21ClN4S. The Morgan fingerprint density at radius 3 is 2.76 bits per heavy atom. The number of hydrazine groups is 1. The van der Waals surface area contributed by atoms with Crippen LogP contribution in [0.1, 0.15) is 16.8 Å². The van der Waals surface area contributed by atoms with E-state index in [9.17, 15) is 0 Å². The lowest BCUT2D eigenvalue weighted by Crippen LogP contribution is -2.38. The standard InChI is InChI=1S/C15H21ClN4S/c1-10-5-4-6-13(7-10)21-9-12(18-17)8-14-11(2)19-20(3)15(14)16/h4-7,12,18H,8-9,17H2,1-3H3. The lowest BCUT2D eigenvalue weighted by molar-refractivity contribution is 0.574. The molecule has 114 valence electrons. The third-order valence-electron chi connectivity index (χ3n) is 3.40. The minimum absolute atomic E-state index is 0.149. The van der Waals surface area contributed by atoms with Crippen LogP contribution in [0.25, 0.3) is 0 Å². The number of thioether (sulfide) groups is 1. The summed E-state index contributed by atoms with van der Waals surface area (Å²) in [7, 11) is 1.85. The van der Waals surface area contributed by atoms with Crippen molar-refractivity contribution in [2.45, 2.75) is 31.2 Å². The Bertz CT molecular complexity index is 612. The van der Waals surface area contributed by atoms with E-state index in [1.54, 1.807) is 16.4 Å². The number of aryl methyl sites for hydroxylation is 3. The molecule has 0 aliphatic carbocycles. The van der Waals surface area contributed by atoms with Crippen molar-refractivity contribution < 1.29 is 0 Å². The predicted octanol–water partition coefficient (Wildman–Crippen LogP) is 2.86. The molecule has 1 heterocycles. The van der Waals surface area contributed by atoms with Crippen LogP contribution in [0.15, 0.2) is 29.2 Å². The summed E-state index contributed by atoms with van der Waals surface area (Å²) in [5, 5.41) is 5.03. The van der Waals surface area contributed by atoms with Crippen LogP contribution in [-0.2, 0) is 13.5 Å². The molecule has 0 saturated carbocycles. The van der Waals surface area contributed by atoms with E-state index in [4.69, 9.17) is 17.4 Å². The molecule has 21 heavy (non-hydrogen) atoms. The molecule has 0 amide bonds. The van der Waals surface area contributed by atoms with Gasteiger partial charge in [-0.25, -0.2) is 0 Å². The fourth-order valence-corrected chi connectivity index (χ4v) is 3.52. The third-order valence-corrected chi connectivity index (χ3v) is 5.03. The van der Waals surface area contributed by atoms with Gasteiger partial charge in [-0.2, -0.15) is 5.10 Å². The van der Waals surface area contributed by atoms with Crippen LogP contribution in [0.4, 0.5) is 0 Å². The van der Waals surface area contributed by atoms with Crippen LogP contribution in [0.2, 0.25) is 5.15 Å². The minimum atomic E-state index is 0.149.